The third-order valence-electron chi connectivity index (χ3n) is 4.09. The van der Waals surface area contributed by atoms with Gasteiger partial charge in [-0.3, -0.25) is 9.69 Å². The second-order valence-corrected chi connectivity index (χ2v) is 5.45. The van der Waals surface area contributed by atoms with Crippen molar-refractivity contribution in [3.63, 3.8) is 0 Å². The minimum absolute atomic E-state index is 0.221. The summed E-state index contributed by atoms with van der Waals surface area (Å²) >= 11 is 0. The Morgan fingerprint density at radius 3 is 2.54 bits per heavy atom. The topological polar surface area (TPSA) is 34.5 Å². The predicted octanol–water partition coefficient (Wildman–Crippen LogP) is 4.02. The van der Waals surface area contributed by atoms with Crippen molar-refractivity contribution in [1.82, 2.24) is 4.57 Å². The van der Waals surface area contributed by atoms with E-state index >= 15 is 0 Å². The number of ether oxygens (including phenoxy) is 1. The predicted molar refractivity (Wildman–Crippen MR) is 90.5 cm³/mol. The normalized spacial score (nSPS) is 11.5. The van der Waals surface area contributed by atoms with E-state index in [0.717, 1.165) is 33.3 Å². The monoisotopic (exact) mass is 332 g/mol. The summed E-state index contributed by atoms with van der Waals surface area (Å²) in [6.07, 6.45) is -3.08. The molecule has 4 nitrogen and oxygen atoms in total. The molecule has 0 atom stereocenters. The molecule has 0 bridgehead atoms. The molecule has 1 aromatic heterocycles. The fourth-order valence-corrected chi connectivity index (χ4v) is 3.06. The van der Waals surface area contributed by atoms with Gasteiger partial charge in [-0.25, -0.2) is 0 Å². The number of carbonyl (C=O) groups is 1. The molecule has 0 aliphatic heterocycles. The maximum atomic E-state index is 12.9. The number of para-hydroxylation sites is 1. The number of methoxy groups -OCH3 is 1. The smallest absolute Gasteiger partial charge is 0.316 e. The van der Waals surface area contributed by atoms with Crippen LogP contribution >= 0.6 is 0 Å². The van der Waals surface area contributed by atoms with Crippen molar-refractivity contribution in [3.8, 4) is 0 Å². The molecule has 6 heteroatoms. The molecule has 3 aromatic rings. The van der Waals surface area contributed by atoms with Crippen LogP contribution in [0.3, 0.4) is 0 Å². The van der Waals surface area contributed by atoms with E-state index in [4.69, 9.17) is 4.74 Å². The Hall–Kier alpha value is -2.47. The lowest BCUT2D eigenvalue weighted by Gasteiger charge is -2.21. The fourth-order valence-electron chi connectivity index (χ4n) is 3.06. The number of hydrogen-bond acceptors (Lipinski definition) is 2. The van der Waals surface area contributed by atoms with Gasteiger partial charge >= 0.3 is 6.43 Å². The first-order valence-electron chi connectivity index (χ1n) is 7.68. The van der Waals surface area contributed by atoms with E-state index < -0.39 is 12.3 Å². The standard InChI is InChI=1S/C18H18F2N2O2/c1-3-21-15-7-5-4-6-13(15)14-10-12(8-9-16(14)21)22(11-24-2)18(23)17(19)20/h4-10,17H,3,11H2,1-2H3. The van der Waals surface area contributed by atoms with Crippen molar-refractivity contribution in [2.45, 2.75) is 19.9 Å². The highest BCUT2D eigenvalue weighted by molar-refractivity contribution is 6.10. The SMILES string of the molecule is CCn1c2ccccc2c2cc(N(COC)C(=O)C(F)F)ccc21. The van der Waals surface area contributed by atoms with Gasteiger partial charge in [0.1, 0.15) is 6.73 Å². The van der Waals surface area contributed by atoms with Crippen LogP contribution in [0, 0.1) is 0 Å². The van der Waals surface area contributed by atoms with Crippen molar-refractivity contribution >= 4 is 33.4 Å². The molecule has 0 N–H and O–H groups in total. The molecule has 0 aliphatic carbocycles. The van der Waals surface area contributed by atoms with Gasteiger partial charge in [-0.2, -0.15) is 8.78 Å². The average molecular weight is 332 g/mol. The van der Waals surface area contributed by atoms with Crippen molar-refractivity contribution in [2.75, 3.05) is 18.7 Å². The molecular weight excluding hydrogens is 314 g/mol. The van der Waals surface area contributed by atoms with E-state index in [1.165, 1.54) is 7.11 Å². The Morgan fingerprint density at radius 2 is 1.88 bits per heavy atom. The molecule has 126 valence electrons. The van der Waals surface area contributed by atoms with Crippen LogP contribution in [0.15, 0.2) is 42.5 Å². The van der Waals surface area contributed by atoms with Crippen LogP contribution in [-0.2, 0) is 16.1 Å². The number of alkyl halides is 2. The van der Waals surface area contributed by atoms with Gasteiger partial charge < -0.3 is 9.30 Å². The zero-order chi connectivity index (χ0) is 17.3. The lowest BCUT2D eigenvalue weighted by Crippen LogP contribution is -2.37. The van der Waals surface area contributed by atoms with E-state index in [9.17, 15) is 13.6 Å². The Bertz CT molecular complexity index is 889. The van der Waals surface area contributed by atoms with Crippen molar-refractivity contribution in [2.24, 2.45) is 0 Å². The lowest BCUT2D eigenvalue weighted by molar-refractivity contribution is -0.130. The van der Waals surface area contributed by atoms with Gasteiger partial charge in [0.2, 0.25) is 0 Å². The Morgan fingerprint density at radius 1 is 1.17 bits per heavy atom. The Labute approximate surface area is 138 Å². The van der Waals surface area contributed by atoms with E-state index in [1.807, 2.05) is 30.3 Å². The number of amides is 1. The zero-order valence-electron chi connectivity index (χ0n) is 13.5. The van der Waals surface area contributed by atoms with E-state index in [2.05, 4.69) is 11.5 Å². The highest BCUT2D eigenvalue weighted by Gasteiger charge is 2.25. The van der Waals surface area contributed by atoms with Gasteiger partial charge in [0.15, 0.2) is 0 Å². The summed E-state index contributed by atoms with van der Waals surface area (Å²) in [6, 6.07) is 13.2. The van der Waals surface area contributed by atoms with E-state index in [1.54, 1.807) is 12.1 Å². The number of hydrogen-bond donors (Lipinski definition) is 0. The number of anilines is 1. The quantitative estimate of drug-likeness (QED) is 0.662. The fraction of sp³-hybridized carbons (Fsp3) is 0.278. The maximum absolute atomic E-state index is 12.9. The van der Waals surface area contributed by atoms with Gasteiger partial charge in [0, 0.05) is 41.1 Å². The lowest BCUT2D eigenvalue weighted by atomic mass is 10.1. The number of halogens is 2. The number of carbonyl (C=O) groups excluding carboxylic acids is 1. The first-order chi connectivity index (χ1) is 11.6. The summed E-state index contributed by atoms with van der Waals surface area (Å²) in [7, 11) is 1.37. The second-order valence-electron chi connectivity index (χ2n) is 5.45. The van der Waals surface area contributed by atoms with Gasteiger partial charge in [0.25, 0.3) is 5.91 Å². The van der Waals surface area contributed by atoms with Crippen LogP contribution in [0.2, 0.25) is 0 Å². The highest BCUT2D eigenvalue weighted by atomic mass is 19.3. The van der Waals surface area contributed by atoms with Crippen LogP contribution in [0.25, 0.3) is 21.8 Å². The first kappa shape index (κ1) is 16.4. The number of benzene rings is 2. The molecule has 0 saturated heterocycles. The molecule has 0 fully saturated rings. The molecule has 24 heavy (non-hydrogen) atoms. The van der Waals surface area contributed by atoms with E-state index in [-0.39, 0.29) is 6.73 Å². The molecule has 0 saturated carbocycles. The summed E-state index contributed by atoms with van der Waals surface area (Å²) in [4.78, 5) is 12.7. The van der Waals surface area contributed by atoms with Crippen molar-refractivity contribution in [3.05, 3.63) is 42.5 Å². The first-order valence-corrected chi connectivity index (χ1v) is 7.68. The summed E-state index contributed by atoms with van der Waals surface area (Å²) in [5.41, 5.74) is 2.48. The van der Waals surface area contributed by atoms with Crippen LogP contribution in [0.4, 0.5) is 14.5 Å². The molecule has 1 heterocycles. The van der Waals surface area contributed by atoms with E-state index in [0.29, 0.717) is 5.69 Å². The number of nitrogens with zero attached hydrogens (tertiary/aromatic N) is 2. The minimum Gasteiger partial charge on any atom is -0.364 e. The number of aryl methyl sites for hydroxylation is 1. The molecule has 2 aromatic carbocycles. The highest BCUT2D eigenvalue weighted by Crippen LogP contribution is 2.32. The van der Waals surface area contributed by atoms with Crippen LogP contribution in [0.1, 0.15) is 6.92 Å². The van der Waals surface area contributed by atoms with Crippen LogP contribution in [0.5, 0.6) is 0 Å². The third-order valence-corrected chi connectivity index (χ3v) is 4.09. The third kappa shape index (κ3) is 2.63. The summed E-state index contributed by atoms with van der Waals surface area (Å²) in [5.74, 6) is -1.27. The average Bonchev–Trinajstić information content (AvgIpc) is 2.92. The van der Waals surface area contributed by atoms with Crippen molar-refractivity contribution in [1.29, 1.82) is 0 Å². The van der Waals surface area contributed by atoms with Gasteiger partial charge in [0.05, 0.1) is 0 Å². The number of aromatic nitrogens is 1. The molecule has 3 rings (SSSR count). The van der Waals surface area contributed by atoms with Gasteiger partial charge in [-0.1, -0.05) is 18.2 Å². The zero-order valence-corrected chi connectivity index (χ0v) is 13.5. The Balaban J connectivity index is 2.20. The van der Waals surface area contributed by atoms with Crippen LogP contribution in [-0.4, -0.2) is 30.7 Å². The Kier molecular flexibility index (Phi) is 4.49. The maximum Gasteiger partial charge on any atom is 0.316 e. The molecular formula is C18H18F2N2O2. The molecule has 0 spiro atoms. The van der Waals surface area contributed by atoms with Crippen molar-refractivity contribution < 1.29 is 18.3 Å². The number of fused-ring (bicyclic) bond motifs is 3. The summed E-state index contributed by atoms with van der Waals surface area (Å²) in [5, 5.41) is 1.95. The summed E-state index contributed by atoms with van der Waals surface area (Å²) < 4.78 is 32.8. The number of rotatable bonds is 5. The van der Waals surface area contributed by atoms with Gasteiger partial charge in [-0.15, -0.1) is 0 Å². The molecule has 0 aliphatic rings. The largest absolute Gasteiger partial charge is 0.364 e. The minimum atomic E-state index is -3.08. The molecule has 0 unspecified atom stereocenters. The molecule has 1 amide bonds. The second kappa shape index (κ2) is 6.57. The summed E-state index contributed by atoms with van der Waals surface area (Å²) in [6.45, 7) is 2.62. The van der Waals surface area contributed by atoms with Crippen LogP contribution < -0.4 is 4.90 Å². The van der Waals surface area contributed by atoms with Gasteiger partial charge in [-0.05, 0) is 31.2 Å². The molecule has 0 radical (unpaired) electrons.